The second-order valence-corrected chi connectivity index (χ2v) is 5.88. The normalized spacial score (nSPS) is 10.2. The first-order chi connectivity index (χ1) is 10.1. The molecule has 2 N–H and O–H groups in total. The van der Waals surface area contributed by atoms with Crippen LogP contribution in [-0.2, 0) is 6.54 Å². The fraction of sp³-hybridized carbons (Fsp3) is 0.188. The number of hydrogen-bond acceptors (Lipinski definition) is 2. The maximum absolute atomic E-state index is 12.3. The molecule has 0 fully saturated rings. The monoisotopic (exact) mass is 366 g/mol. The predicted octanol–water partition coefficient (Wildman–Crippen LogP) is 4.46. The third-order valence-corrected chi connectivity index (χ3v) is 3.66. The van der Waals surface area contributed by atoms with Gasteiger partial charge in [-0.15, -0.1) is 0 Å². The van der Waals surface area contributed by atoms with Crippen LogP contribution in [0.5, 0.6) is 0 Å². The average molecular weight is 368 g/mol. The lowest BCUT2D eigenvalue weighted by Crippen LogP contribution is -2.24. The van der Waals surface area contributed by atoms with Gasteiger partial charge < -0.3 is 10.6 Å². The molecule has 0 heterocycles. The first-order valence-corrected chi connectivity index (χ1v) is 7.83. The second-order valence-electron chi connectivity index (χ2n) is 4.53. The molecule has 0 unspecified atom stereocenters. The third kappa shape index (κ3) is 4.48. The van der Waals surface area contributed by atoms with Gasteiger partial charge in [0.2, 0.25) is 0 Å². The molecule has 3 nitrogen and oxygen atoms in total. The van der Waals surface area contributed by atoms with Gasteiger partial charge in [-0.2, -0.15) is 0 Å². The summed E-state index contributed by atoms with van der Waals surface area (Å²) < 4.78 is 0.991. The second kappa shape index (κ2) is 7.48. The molecule has 0 aromatic heterocycles. The van der Waals surface area contributed by atoms with E-state index in [1.54, 1.807) is 12.1 Å². The molecule has 0 saturated heterocycles. The van der Waals surface area contributed by atoms with Gasteiger partial charge in [0.15, 0.2) is 0 Å². The number of carbonyl (C=O) groups excluding carboxylic acids is 1. The molecular formula is C16H16BrClN2O. The molecule has 21 heavy (non-hydrogen) atoms. The van der Waals surface area contributed by atoms with Crippen LogP contribution < -0.4 is 10.6 Å². The molecule has 2 aromatic carbocycles. The molecule has 0 spiro atoms. The van der Waals surface area contributed by atoms with Gasteiger partial charge in [-0.25, -0.2) is 0 Å². The van der Waals surface area contributed by atoms with Crippen molar-refractivity contribution in [2.24, 2.45) is 0 Å². The molecule has 0 bridgehead atoms. The fourth-order valence-electron chi connectivity index (χ4n) is 1.97. The molecule has 0 aliphatic heterocycles. The van der Waals surface area contributed by atoms with E-state index in [1.807, 2.05) is 37.3 Å². The first kappa shape index (κ1) is 15.9. The lowest BCUT2D eigenvalue weighted by Gasteiger charge is -2.12. The fourth-order valence-corrected chi connectivity index (χ4v) is 2.59. The van der Waals surface area contributed by atoms with E-state index in [9.17, 15) is 4.79 Å². The summed E-state index contributed by atoms with van der Waals surface area (Å²) in [6, 6.07) is 13.1. The van der Waals surface area contributed by atoms with Gasteiger partial charge in [-0.1, -0.05) is 39.7 Å². The summed E-state index contributed by atoms with van der Waals surface area (Å²) in [6.45, 7) is 3.20. The van der Waals surface area contributed by atoms with Crippen LogP contribution in [0.1, 0.15) is 22.8 Å². The van der Waals surface area contributed by atoms with E-state index in [0.29, 0.717) is 17.1 Å². The zero-order valence-corrected chi connectivity index (χ0v) is 14.0. The SMILES string of the molecule is CCNc1ccc(Cl)cc1C(=O)NCc1cccc(Br)c1. The third-order valence-electron chi connectivity index (χ3n) is 2.94. The van der Waals surface area contributed by atoms with Gasteiger partial charge in [0, 0.05) is 28.3 Å². The van der Waals surface area contributed by atoms with Crippen molar-refractivity contribution in [3.05, 3.63) is 63.1 Å². The van der Waals surface area contributed by atoms with Crippen LogP contribution >= 0.6 is 27.5 Å². The zero-order chi connectivity index (χ0) is 15.2. The van der Waals surface area contributed by atoms with Crippen molar-refractivity contribution in [2.45, 2.75) is 13.5 Å². The van der Waals surface area contributed by atoms with Crippen LogP contribution in [0, 0.1) is 0 Å². The Balaban J connectivity index is 2.11. The lowest BCUT2D eigenvalue weighted by molar-refractivity contribution is 0.0951. The van der Waals surface area contributed by atoms with Crippen molar-refractivity contribution >= 4 is 39.1 Å². The number of carbonyl (C=O) groups is 1. The van der Waals surface area contributed by atoms with Gasteiger partial charge in [0.25, 0.3) is 5.91 Å². The minimum absolute atomic E-state index is 0.145. The molecule has 2 rings (SSSR count). The number of rotatable bonds is 5. The lowest BCUT2D eigenvalue weighted by atomic mass is 10.1. The summed E-state index contributed by atoms with van der Waals surface area (Å²) in [5.41, 5.74) is 2.37. The molecule has 1 amide bonds. The van der Waals surface area contributed by atoms with E-state index in [4.69, 9.17) is 11.6 Å². The Morgan fingerprint density at radius 1 is 1.24 bits per heavy atom. The Morgan fingerprint density at radius 3 is 2.76 bits per heavy atom. The Morgan fingerprint density at radius 2 is 2.05 bits per heavy atom. The van der Waals surface area contributed by atoms with E-state index in [-0.39, 0.29) is 5.91 Å². The summed E-state index contributed by atoms with van der Waals surface area (Å²) in [4.78, 5) is 12.3. The maximum atomic E-state index is 12.3. The van der Waals surface area contributed by atoms with Gasteiger partial charge in [-0.3, -0.25) is 4.79 Å². The Kier molecular flexibility index (Phi) is 5.65. The number of anilines is 1. The summed E-state index contributed by atoms with van der Waals surface area (Å²) in [6.07, 6.45) is 0. The van der Waals surface area contributed by atoms with Crippen LogP contribution in [0.4, 0.5) is 5.69 Å². The highest BCUT2D eigenvalue weighted by Crippen LogP contribution is 2.21. The van der Waals surface area contributed by atoms with Crippen molar-refractivity contribution in [2.75, 3.05) is 11.9 Å². The molecule has 0 aliphatic carbocycles. The van der Waals surface area contributed by atoms with Crippen LogP contribution in [0.15, 0.2) is 46.9 Å². The van der Waals surface area contributed by atoms with Gasteiger partial charge in [0.1, 0.15) is 0 Å². The molecule has 110 valence electrons. The minimum atomic E-state index is -0.145. The zero-order valence-electron chi connectivity index (χ0n) is 11.6. The van der Waals surface area contributed by atoms with Crippen molar-refractivity contribution in [3.8, 4) is 0 Å². The summed E-state index contributed by atoms with van der Waals surface area (Å²) in [7, 11) is 0. The van der Waals surface area contributed by atoms with E-state index < -0.39 is 0 Å². The number of halogens is 2. The maximum Gasteiger partial charge on any atom is 0.253 e. The smallest absolute Gasteiger partial charge is 0.253 e. The van der Waals surface area contributed by atoms with Gasteiger partial charge in [0.05, 0.1) is 5.56 Å². The highest BCUT2D eigenvalue weighted by atomic mass is 79.9. The van der Waals surface area contributed by atoms with Gasteiger partial charge in [-0.05, 0) is 42.8 Å². The highest BCUT2D eigenvalue weighted by molar-refractivity contribution is 9.10. The van der Waals surface area contributed by atoms with Crippen molar-refractivity contribution in [3.63, 3.8) is 0 Å². The largest absolute Gasteiger partial charge is 0.385 e. The molecular weight excluding hydrogens is 352 g/mol. The number of benzene rings is 2. The summed E-state index contributed by atoms with van der Waals surface area (Å²) in [5, 5.41) is 6.62. The molecule has 0 radical (unpaired) electrons. The number of nitrogens with one attached hydrogen (secondary N) is 2. The summed E-state index contributed by atoms with van der Waals surface area (Å²) >= 11 is 9.40. The van der Waals surface area contributed by atoms with Crippen molar-refractivity contribution in [1.29, 1.82) is 0 Å². The highest BCUT2D eigenvalue weighted by Gasteiger charge is 2.11. The van der Waals surface area contributed by atoms with Crippen molar-refractivity contribution < 1.29 is 4.79 Å². The molecule has 0 atom stereocenters. The average Bonchev–Trinajstić information content (AvgIpc) is 2.47. The van der Waals surface area contributed by atoms with E-state index in [0.717, 1.165) is 22.3 Å². The standard InChI is InChI=1S/C16H16BrClN2O/c1-2-19-15-7-6-13(18)9-14(15)16(21)20-10-11-4-3-5-12(17)8-11/h3-9,19H,2,10H2,1H3,(H,20,21). The molecule has 0 aliphatic rings. The van der Waals surface area contributed by atoms with E-state index >= 15 is 0 Å². The number of amides is 1. The minimum Gasteiger partial charge on any atom is -0.385 e. The van der Waals surface area contributed by atoms with E-state index in [2.05, 4.69) is 26.6 Å². The van der Waals surface area contributed by atoms with Crippen LogP contribution in [0.25, 0.3) is 0 Å². The molecule has 0 saturated carbocycles. The summed E-state index contributed by atoms with van der Waals surface area (Å²) in [5.74, 6) is -0.145. The first-order valence-electron chi connectivity index (χ1n) is 6.66. The van der Waals surface area contributed by atoms with E-state index in [1.165, 1.54) is 0 Å². The van der Waals surface area contributed by atoms with Crippen LogP contribution in [0.2, 0.25) is 5.02 Å². The number of hydrogen-bond donors (Lipinski definition) is 2. The van der Waals surface area contributed by atoms with Gasteiger partial charge >= 0.3 is 0 Å². The van der Waals surface area contributed by atoms with Crippen LogP contribution in [0.3, 0.4) is 0 Å². The topological polar surface area (TPSA) is 41.1 Å². The van der Waals surface area contributed by atoms with Crippen LogP contribution in [-0.4, -0.2) is 12.5 Å². The van der Waals surface area contributed by atoms with Crippen molar-refractivity contribution in [1.82, 2.24) is 5.32 Å². The predicted molar refractivity (Wildman–Crippen MR) is 90.9 cm³/mol. The Bertz CT molecular complexity index is 646. The quantitative estimate of drug-likeness (QED) is 0.819. The molecule has 5 heteroatoms. The Hall–Kier alpha value is -1.52. The molecule has 2 aromatic rings. The Labute approximate surface area is 137 Å².